The molecule has 0 spiro atoms. The summed E-state index contributed by atoms with van der Waals surface area (Å²) in [7, 11) is 2.03. The van der Waals surface area contributed by atoms with Crippen LogP contribution < -0.4 is 11.1 Å². The fourth-order valence-corrected chi connectivity index (χ4v) is 2.71. The zero-order valence-corrected chi connectivity index (χ0v) is 11.6. The summed E-state index contributed by atoms with van der Waals surface area (Å²) in [5.41, 5.74) is 7.47. The van der Waals surface area contributed by atoms with Crippen molar-refractivity contribution in [2.24, 2.45) is 5.73 Å². The fourth-order valence-electron chi connectivity index (χ4n) is 2.71. The zero-order valence-electron chi connectivity index (χ0n) is 11.6. The highest BCUT2D eigenvalue weighted by atomic mass is 16.2. The Morgan fingerprint density at radius 2 is 2.05 bits per heavy atom. The van der Waals surface area contributed by atoms with Gasteiger partial charge in [0.15, 0.2) is 0 Å². The minimum atomic E-state index is 0.0373. The van der Waals surface area contributed by atoms with E-state index in [1.54, 1.807) is 0 Å². The molecule has 4 nitrogen and oxygen atoms in total. The first kappa shape index (κ1) is 14.0. The van der Waals surface area contributed by atoms with Gasteiger partial charge in [-0.1, -0.05) is 31.0 Å². The highest BCUT2D eigenvalue weighted by molar-refractivity contribution is 5.93. The predicted octanol–water partition coefficient (Wildman–Crippen LogP) is 1.96. The van der Waals surface area contributed by atoms with Gasteiger partial charge in [0.1, 0.15) is 0 Å². The second kappa shape index (κ2) is 6.68. The summed E-state index contributed by atoms with van der Waals surface area (Å²) in [6.07, 6.45) is 4.99. The Morgan fingerprint density at radius 1 is 1.37 bits per heavy atom. The summed E-state index contributed by atoms with van der Waals surface area (Å²) < 4.78 is 0. The van der Waals surface area contributed by atoms with E-state index < -0.39 is 0 Å². The number of amides is 1. The first-order valence-electron chi connectivity index (χ1n) is 6.98. The maximum Gasteiger partial charge on any atom is 0.238 e. The molecular formula is C15H23N3O. The first-order chi connectivity index (χ1) is 9.20. The minimum absolute atomic E-state index is 0.0373. The van der Waals surface area contributed by atoms with Gasteiger partial charge in [0.05, 0.1) is 6.54 Å². The third-order valence-electron chi connectivity index (χ3n) is 3.85. The van der Waals surface area contributed by atoms with Gasteiger partial charge in [0.25, 0.3) is 0 Å². The van der Waals surface area contributed by atoms with Crippen molar-refractivity contribution in [2.75, 3.05) is 18.9 Å². The molecule has 1 fully saturated rings. The van der Waals surface area contributed by atoms with Crippen molar-refractivity contribution < 1.29 is 4.79 Å². The number of anilines is 1. The minimum Gasteiger partial charge on any atom is -0.326 e. The van der Waals surface area contributed by atoms with Crippen LogP contribution >= 0.6 is 0 Å². The van der Waals surface area contributed by atoms with Gasteiger partial charge in [0, 0.05) is 18.3 Å². The smallest absolute Gasteiger partial charge is 0.238 e. The number of nitrogens with two attached hydrogens (primary N) is 1. The van der Waals surface area contributed by atoms with Gasteiger partial charge in [-0.15, -0.1) is 0 Å². The molecule has 0 aliphatic heterocycles. The van der Waals surface area contributed by atoms with Crippen molar-refractivity contribution in [3.05, 3.63) is 29.8 Å². The van der Waals surface area contributed by atoms with Crippen LogP contribution in [-0.2, 0) is 11.3 Å². The molecule has 0 radical (unpaired) electrons. The van der Waals surface area contributed by atoms with Crippen LogP contribution in [0, 0.1) is 0 Å². The summed E-state index contributed by atoms with van der Waals surface area (Å²) in [6, 6.07) is 8.25. The average Bonchev–Trinajstić information content (AvgIpc) is 2.93. The van der Waals surface area contributed by atoms with Gasteiger partial charge in [0.2, 0.25) is 5.91 Å². The molecule has 104 valence electrons. The molecule has 0 saturated heterocycles. The third kappa shape index (κ3) is 3.78. The maximum absolute atomic E-state index is 12.1. The van der Waals surface area contributed by atoms with Gasteiger partial charge in [-0.25, -0.2) is 0 Å². The number of para-hydroxylation sites is 1. The van der Waals surface area contributed by atoms with Crippen molar-refractivity contribution in [3.8, 4) is 0 Å². The Hall–Kier alpha value is -1.39. The van der Waals surface area contributed by atoms with Crippen LogP contribution in [0.1, 0.15) is 31.2 Å². The number of nitrogens with one attached hydrogen (secondary N) is 1. The molecule has 0 unspecified atom stereocenters. The lowest BCUT2D eigenvalue weighted by atomic mass is 10.1. The SMILES string of the molecule is CN(CC(=O)Nc1ccccc1CN)C1CCCC1. The van der Waals surface area contributed by atoms with E-state index in [4.69, 9.17) is 5.73 Å². The Labute approximate surface area is 115 Å². The summed E-state index contributed by atoms with van der Waals surface area (Å²) in [5.74, 6) is 0.0373. The lowest BCUT2D eigenvalue weighted by molar-refractivity contribution is -0.117. The van der Waals surface area contributed by atoms with E-state index in [2.05, 4.69) is 10.2 Å². The molecule has 1 aromatic carbocycles. The van der Waals surface area contributed by atoms with E-state index in [1.807, 2.05) is 31.3 Å². The second-order valence-electron chi connectivity index (χ2n) is 5.26. The zero-order chi connectivity index (χ0) is 13.7. The molecule has 1 saturated carbocycles. The fraction of sp³-hybridized carbons (Fsp3) is 0.533. The Bertz CT molecular complexity index is 427. The van der Waals surface area contributed by atoms with E-state index in [9.17, 15) is 4.79 Å². The van der Waals surface area contributed by atoms with Gasteiger partial charge >= 0.3 is 0 Å². The lowest BCUT2D eigenvalue weighted by Crippen LogP contribution is -2.36. The highest BCUT2D eigenvalue weighted by Crippen LogP contribution is 2.22. The summed E-state index contributed by atoms with van der Waals surface area (Å²) in [6.45, 7) is 0.887. The second-order valence-corrected chi connectivity index (χ2v) is 5.26. The lowest BCUT2D eigenvalue weighted by Gasteiger charge is -2.23. The summed E-state index contributed by atoms with van der Waals surface area (Å²) in [5, 5.41) is 2.96. The Kier molecular flexibility index (Phi) is 4.93. The van der Waals surface area contributed by atoms with E-state index >= 15 is 0 Å². The van der Waals surface area contributed by atoms with Crippen LogP contribution in [0.3, 0.4) is 0 Å². The number of benzene rings is 1. The molecule has 1 aromatic rings. The number of carbonyl (C=O) groups is 1. The molecule has 1 aliphatic rings. The van der Waals surface area contributed by atoms with Crippen LogP contribution in [0.15, 0.2) is 24.3 Å². The third-order valence-corrected chi connectivity index (χ3v) is 3.85. The molecular weight excluding hydrogens is 238 g/mol. The van der Waals surface area contributed by atoms with Gasteiger partial charge in [-0.2, -0.15) is 0 Å². The number of hydrogen-bond donors (Lipinski definition) is 2. The molecule has 4 heteroatoms. The monoisotopic (exact) mass is 261 g/mol. The van der Waals surface area contributed by atoms with Gasteiger partial charge < -0.3 is 11.1 Å². The molecule has 3 N–H and O–H groups in total. The highest BCUT2D eigenvalue weighted by Gasteiger charge is 2.21. The number of likely N-dealkylation sites (N-methyl/N-ethyl adjacent to an activating group) is 1. The maximum atomic E-state index is 12.1. The Morgan fingerprint density at radius 3 is 2.74 bits per heavy atom. The van der Waals surface area contributed by atoms with Crippen molar-refractivity contribution in [1.82, 2.24) is 4.90 Å². The van der Waals surface area contributed by atoms with Crippen LogP contribution in [0.4, 0.5) is 5.69 Å². The largest absolute Gasteiger partial charge is 0.326 e. The van der Waals surface area contributed by atoms with Crippen LogP contribution in [0.2, 0.25) is 0 Å². The summed E-state index contributed by atoms with van der Waals surface area (Å²) in [4.78, 5) is 14.2. The Balaban J connectivity index is 1.89. The standard InChI is InChI=1S/C15H23N3O/c1-18(13-7-3-4-8-13)11-15(19)17-14-9-5-2-6-12(14)10-16/h2,5-6,9,13H,3-4,7-8,10-11,16H2,1H3,(H,17,19). The van der Waals surface area contributed by atoms with Gasteiger partial charge in [-0.05, 0) is 31.5 Å². The average molecular weight is 261 g/mol. The van der Waals surface area contributed by atoms with Crippen LogP contribution in [0.25, 0.3) is 0 Å². The normalized spacial score (nSPS) is 15.9. The molecule has 0 aromatic heterocycles. The quantitative estimate of drug-likeness (QED) is 0.852. The molecule has 1 aliphatic carbocycles. The van der Waals surface area contributed by atoms with Crippen molar-refractivity contribution in [3.63, 3.8) is 0 Å². The summed E-state index contributed by atoms with van der Waals surface area (Å²) >= 11 is 0. The van der Waals surface area contributed by atoms with Crippen molar-refractivity contribution in [2.45, 2.75) is 38.3 Å². The van der Waals surface area contributed by atoms with Gasteiger partial charge in [-0.3, -0.25) is 9.69 Å². The number of carbonyl (C=O) groups excluding carboxylic acids is 1. The van der Waals surface area contributed by atoms with Crippen molar-refractivity contribution >= 4 is 11.6 Å². The molecule has 0 bridgehead atoms. The molecule has 2 rings (SSSR count). The molecule has 0 atom stereocenters. The van der Waals surface area contributed by atoms with Crippen LogP contribution in [-0.4, -0.2) is 30.4 Å². The number of nitrogens with zero attached hydrogens (tertiary/aromatic N) is 1. The number of rotatable bonds is 5. The van der Waals surface area contributed by atoms with Crippen molar-refractivity contribution in [1.29, 1.82) is 0 Å². The van der Waals surface area contributed by atoms with E-state index in [-0.39, 0.29) is 5.91 Å². The van der Waals surface area contributed by atoms with Crippen LogP contribution in [0.5, 0.6) is 0 Å². The number of hydrogen-bond acceptors (Lipinski definition) is 3. The topological polar surface area (TPSA) is 58.4 Å². The predicted molar refractivity (Wildman–Crippen MR) is 77.8 cm³/mol. The van der Waals surface area contributed by atoms with E-state index in [0.717, 1.165) is 11.3 Å². The molecule has 0 heterocycles. The first-order valence-corrected chi connectivity index (χ1v) is 6.98. The van der Waals surface area contributed by atoms with E-state index in [1.165, 1.54) is 25.7 Å². The molecule has 1 amide bonds. The molecule has 19 heavy (non-hydrogen) atoms. The van der Waals surface area contributed by atoms with E-state index in [0.29, 0.717) is 19.1 Å².